The van der Waals surface area contributed by atoms with Crippen LogP contribution in [0.25, 0.3) is 16.3 Å². The molecule has 2 aromatic heterocycles. The molecule has 0 spiro atoms. The Labute approximate surface area is 142 Å². The highest BCUT2D eigenvalue weighted by Crippen LogP contribution is 2.37. The molecule has 0 radical (unpaired) electrons. The van der Waals surface area contributed by atoms with Crippen LogP contribution in [0.5, 0.6) is 5.75 Å². The average Bonchev–Trinajstić information content (AvgIpc) is 3.12. The van der Waals surface area contributed by atoms with E-state index in [9.17, 15) is 13.2 Å². The number of nitrogens with zero attached hydrogens (tertiary/aromatic N) is 2. The fraction of sp³-hybridized carbons (Fsp3) is 0.133. The molecule has 23 heavy (non-hydrogen) atoms. The molecule has 0 fully saturated rings. The number of hydrogen-bond donors (Lipinski definition) is 0. The Hall–Kier alpha value is -1.80. The highest BCUT2D eigenvalue weighted by molar-refractivity contribution is 9.10. The Balaban J connectivity index is 2.24. The van der Waals surface area contributed by atoms with Crippen LogP contribution in [0.3, 0.4) is 0 Å². The van der Waals surface area contributed by atoms with Gasteiger partial charge in [0.25, 0.3) is 0 Å². The van der Waals surface area contributed by atoms with Crippen LogP contribution in [-0.4, -0.2) is 16.9 Å². The molecule has 0 unspecified atom stereocenters. The van der Waals surface area contributed by atoms with Gasteiger partial charge in [0.2, 0.25) is 0 Å². The smallest absolute Gasteiger partial charge is 0.435 e. The van der Waals surface area contributed by atoms with E-state index in [2.05, 4.69) is 21.0 Å². The maximum absolute atomic E-state index is 13.1. The highest BCUT2D eigenvalue weighted by Gasteiger charge is 2.35. The first-order valence-electron chi connectivity index (χ1n) is 6.45. The van der Waals surface area contributed by atoms with E-state index in [1.807, 2.05) is 5.38 Å². The number of ether oxygens (including phenoxy) is 1. The Morgan fingerprint density at radius 2 is 1.96 bits per heavy atom. The van der Waals surface area contributed by atoms with Crippen LogP contribution in [0.15, 0.2) is 46.3 Å². The number of halogens is 4. The number of aromatic nitrogens is 2. The van der Waals surface area contributed by atoms with Gasteiger partial charge in [-0.2, -0.15) is 18.3 Å². The Kier molecular flexibility index (Phi) is 4.20. The lowest BCUT2D eigenvalue weighted by atomic mass is 10.2. The van der Waals surface area contributed by atoms with Crippen LogP contribution >= 0.6 is 27.3 Å². The third kappa shape index (κ3) is 3.13. The van der Waals surface area contributed by atoms with Gasteiger partial charge in [-0.25, -0.2) is 4.68 Å². The topological polar surface area (TPSA) is 27.1 Å². The van der Waals surface area contributed by atoms with Gasteiger partial charge in [0, 0.05) is 9.85 Å². The minimum atomic E-state index is -4.52. The summed E-state index contributed by atoms with van der Waals surface area (Å²) in [5.74, 6) is 0.446. The van der Waals surface area contributed by atoms with Crippen LogP contribution in [0.4, 0.5) is 13.2 Å². The molecule has 0 aliphatic carbocycles. The van der Waals surface area contributed by atoms with Crippen LogP contribution in [0.2, 0.25) is 0 Å². The van der Waals surface area contributed by atoms with Gasteiger partial charge >= 0.3 is 6.18 Å². The molecule has 0 bridgehead atoms. The highest BCUT2D eigenvalue weighted by atomic mass is 79.9. The van der Waals surface area contributed by atoms with Gasteiger partial charge in [0.15, 0.2) is 5.69 Å². The predicted molar refractivity (Wildman–Crippen MR) is 86.1 cm³/mol. The van der Waals surface area contributed by atoms with Crippen molar-refractivity contribution in [2.75, 3.05) is 7.11 Å². The zero-order valence-electron chi connectivity index (χ0n) is 11.8. The van der Waals surface area contributed by atoms with Crippen molar-refractivity contribution in [3.05, 3.63) is 51.9 Å². The molecule has 0 saturated carbocycles. The zero-order chi connectivity index (χ0) is 16.6. The van der Waals surface area contributed by atoms with E-state index in [0.717, 1.165) is 10.5 Å². The molecule has 0 N–H and O–H groups in total. The summed E-state index contributed by atoms with van der Waals surface area (Å²) in [6.45, 7) is 0. The van der Waals surface area contributed by atoms with Gasteiger partial charge in [-0.15, -0.1) is 11.3 Å². The SMILES string of the molecule is COc1ccccc1-n1nc(C(F)(F)F)cc1-c1cc(Br)cs1. The number of hydrogen-bond acceptors (Lipinski definition) is 3. The summed E-state index contributed by atoms with van der Waals surface area (Å²) >= 11 is 4.65. The minimum absolute atomic E-state index is 0.359. The van der Waals surface area contributed by atoms with Crippen LogP contribution < -0.4 is 4.74 Å². The van der Waals surface area contributed by atoms with Gasteiger partial charge in [0.1, 0.15) is 11.4 Å². The molecule has 1 aromatic carbocycles. The third-order valence-corrected chi connectivity index (χ3v) is 4.85. The molecule has 0 saturated heterocycles. The second kappa shape index (κ2) is 6.01. The molecular weight excluding hydrogens is 393 g/mol. The second-order valence-electron chi connectivity index (χ2n) is 4.63. The Morgan fingerprint density at radius 3 is 2.57 bits per heavy atom. The summed E-state index contributed by atoms with van der Waals surface area (Å²) in [5, 5.41) is 5.56. The number of para-hydroxylation sites is 2. The molecule has 3 rings (SSSR count). The summed E-state index contributed by atoms with van der Waals surface area (Å²) in [5.41, 5.74) is -0.134. The molecule has 0 amide bonds. The molecule has 3 nitrogen and oxygen atoms in total. The zero-order valence-corrected chi connectivity index (χ0v) is 14.2. The summed E-state index contributed by atoms with van der Waals surface area (Å²) in [4.78, 5) is 0.672. The largest absolute Gasteiger partial charge is 0.494 e. The monoisotopic (exact) mass is 402 g/mol. The number of methoxy groups -OCH3 is 1. The summed E-state index contributed by atoms with van der Waals surface area (Å²) in [6.07, 6.45) is -4.52. The van der Waals surface area contributed by atoms with E-state index < -0.39 is 11.9 Å². The summed E-state index contributed by atoms with van der Waals surface area (Å²) < 4.78 is 46.6. The van der Waals surface area contributed by atoms with E-state index in [1.165, 1.54) is 23.1 Å². The lowest BCUT2D eigenvalue weighted by molar-refractivity contribution is -0.141. The standard InChI is InChI=1S/C15H10BrF3N2OS/c1-22-12-5-3-2-4-10(12)21-11(13-6-9(16)8-23-13)7-14(20-21)15(17,18)19/h2-8H,1H3. The van der Waals surface area contributed by atoms with Crippen LogP contribution in [0, 0.1) is 0 Å². The van der Waals surface area contributed by atoms with E-state index in [-0.39, 0.29) is 0 Å². The number of benzene rings is 1. The molecule has 3 aromatic rings. The van der Waals surface area contributed by atoms with Crippen LogP contribution in [-0.2, 0) is 6.18 Å². The molecule has 120 valence electrons. The fourth-order valence-electron chi connectivity index (χ4n) is 2.13. The van der Waals surface area contributed by atoms with Crippen molar-refractivity contribution < 1.29 is 17.9 Å². The van der Waals surface area contributed by atoms with E-state index in [1.54, 1.807) is 30.3 Å². The predicted octanol–water partition coefficient (Wildman–Crippen LogP) is 5.39. The van der Waals surface area contributed by atoms with Crippen molar-refractivity contribution in [1.82, 2.24) is 9.78 Å². The van der Waals surface area contributed by atoms with Gasteiger partial charge in [-0.1, -0.05) is 12.1 Å². The molecular formula is C15H10BrF3N2OS. The van der Waals surface area contributed by atoms with E-state index in [4.69, 9.17) is 4.74 Å². The van der Waals surface area contributed by atoms with Gasteiger partial charge in [-0.3, -0.25) is 0 Å². The van der Waals surface area contributed by atoms with E-state index >= 15 is 0 Å². The maximum Gasteiger partial charge on any atom is 0.435 e. The number of alkyl halides is 3. The van der Waals surface area contributed by atoms with Crippen molar-refractivity contribution in [2.24, 2.45) is 0 Å². The van der Waals surface area contributed by atoms with Crippen molar-refractivity contribution in [3.8, 4) is 22.0 Å². The maximum atomic E-state index is 13.1. The first-order valence-corrected chi connectivity index (χ1v) is 8.12. The minimum Gasteiger partial charge on any atom is -0.494 e. The molecule has 0 aliphatic heterocycles. The van der Waals surface area contributed by atoms with Crippen molar-refractivity contribution in [3.63, 3.8) is 0 Å². The fourth-order valence-corrected chi connectivity index (χ4v) is 3.56. The Morgan fingerprint density at radius 1 is 1.22 bits per heavy atom. The van der Waals surface area contributed by atoms with Gasteiger partial charge < -0.3 is 4.74 Å². The van der Waals surface area contributed by atoms with Gasteiger partial charge in [-0.05, 0) is 40.2 Å². The quantitative estimate of drug-likeness (QED) is 0.586. The first-order chi connectivity index (χ1) is 10.9. The molecule has 8 heteroatoms. The summed E-state index contributed by atoms with van der Waals surface area (Å²) in [6, 6.07) is 9.62. The molecule has 0 atom stereocenters. The van der Waals surface area contributed by atoms with Gasteiger partial charge in [0.05, 0.1) is 17.7 Å². The number of thiophene rings is 1. The lowest BCUT2D eigenvalue weighted by Crippen LogP contribution is -2.08. The normalized spacial score (nSPS) is 11.7. The second-order valence-corrected chi connectivity index (χ2v) is 6.45. The molecule has 0 aliphatic rings. The first kappa shape index (κ1) is 16.1. The number of rotatable bonds is 3. The van der Waals surface area contributed by atoms with Crippen molar-refractivity contribution >= 4 is 27.3 Å². The summed E-state index contributed by atoms with van der Waals surface area (Å²) in [7, 11) is 1.47. The van der Waals surface area contributed by atoms with Crippen molar-refractivity contribution in [1.29, 1.82) is 0 Å². The average molecular weight is 403 g/mol. The van der Waals surface area contributed by atoms with E-state index in [0.29, 0.717) is 22.0 Å². The Bertz CT molecular complexity index is 841. The van der Waals surface area contributed by atoms with Crippen LogP contribution in [0.1, 0.15) is 5.69 Å². The molecule has 2 heterocycles. The third-order valence-electron chi connectivity index (χ3n) is 3.13. The van der Waals surface area contributed by atoms with Crippen molar-refractivity contribution in [2.45, 2.75) is 6.18 Å². The lowest BCUT2D eigenvalue weighted by Gasteiger charge is -2.10.